The minimum absolute atomic E-state index is 0.217. The second-order valence-electron chi connectivity index (χ2n) is 8.32. The molecule has 0 heterocycles. The molecule has 0 atom stereocenters. The number of ether oxygens (including phenoxy) is 2. The van der Waals surface area contributed by atoms with Gasteiger partial charge in [-0.05, 0) is 0 Å². The van der Waals surface area contributed by atoms with E-state index in [1.54, 1.807) is 0 Å². The molecule has 0 aliphatic carbocycles. The first-order chi connectivity index (χ1) is 11.9. The zero-order valence-corrected chi connectivity index (χ0v) is 23.6. The van der Waals surface area contributed by atoms with E-state index in [4.69, 9.17) is 9.47 Å². The fourth-order valence-electron chi connectivity index (χ4n) is 2.67. The summed E-state index contributed by atoms with van der Waals surface area (Å²) < 4.78 is 13.0. The predicted octanol–water partition coefficient (Wildman–Crippen LogP) is 4.76. The van der Waals surface area contributed by atoms with Crippen LogP contribution in [-0.4, -0.2) is 25.6 Å². The second-order valence-corrected chi connectivity index (χ2v) is 11.1. The fourth-order valence-corrected chi connectivity index (χ4v) is 4.78. The summed E-state index contributed by atoms with van der Waals surface area (Å²) in [5.41, 5.74) is 6.33. The number of hydrogen-bond donors (Lipinski definition) is 0. The first-order valence-corrected chi connectivity index (χ1v) is 12.0. The molecule has 0 N–H and O–H groups in total. The molecule has 1 rings (SSSR count). The fraction of sp³-hybridized carbons (Fsp3) is 0.591. The van der Waals surface area contributed by atoms with Crippen LogP contribution in [0.25, 0.3) is 0 Å². The summed E-state index contributed by atoms with van der Waals surface area (Å²) in [6, 6.07) is 0. The minimum atomic E-state index is -0.374. The van der Waals surface area contributed by atoms with Crippen LogP contribution in [0.1, 0.15) is 68.6 Å². The molecule has 0 spiro atoms. The van der Waals surface area contributed by atoms with Crippen molar-refractivity contribution in [3.05, 3.63) is 33.4 Å². The summed E-state index contributed by atoms with van der Waals surface area (Å²) >= 11 is 0.368. The van der Waals surface area contributed by atoms with Gasteiger partial charge in [0.15, 0.2) is 0 Å². The average molecular weight is 546 g/mol. The van der Waals surface area contributed by atoms with E-state index in [0.717, 1.165) is 28.0 Å². The Hall–Kier alpha value is -0.675. The standard InChI is InChI=1S/C22H33O3.Hg/c1-14(2)16(4)13-24-10-11-25-19-12-15(3)20(18(6)17(19)5)21(23)22(7,8)9;/h10-11,13H2,1-9H3;. The first kappa shape index (κ1) is 23.4. The molecule has 0 unspecified atom stereocenters. The quantitative estimate of drug-likeness (QED) is 0.214. The molecule has 0 aliphatic heterocycles. The topological polar surface area (TPSA) is 35.5 Å². The van der Waals surface area contributed by atoms with Gasteiger partial charge < -0.3 is 0 Å². The van der Waals surface area contributed by atoms with Crippen molar-refractivity contribution in [1.82, 2.24) is 0 Å². The third-order valence-corrected chi connectivity index (χ3v) is 8.24. The van der Waals surface area contributed by atoms with E-state index in [9.17, 15) is 4.79 Å². The molecule has 141 valence electrons. The summed E-state index contributed by atoms with van der Waals surface area (Å²) in [4.78, 5) is 12.9. The Labute approximate surface area is 175 Å². The molecule has 0 fully saturated rings. The second kappa shape index (κ2) is 9.50. The molecule has 4 heteroatoms. The van der Waals surface area contributed by atoms with Crippen molar-refractivity contribution < 1.29 is 40.4 Å². The van der Waals surface area contributed by atoms with Crippen molar-refractivity contribution in [1.29, 1.82) is 0 Å². The summed E-state index contributed by atoms with van der Waals surface area (Å²) in [6.07, 6.45) is 0. The maximum atomic E-state index is 12.9. The number of allylic oxidation sites excluding steroid dienone is 1. The Morgan fingerprint density at radius 2 is 1.54 bits per heavy atom. The summed E-state index contributed by atoms with van der Waals surface area (Å²) in [6.45, 7) is 20.2. The molecule has 26 heavy (non-hydrogen) atoms. The van der Waals surface area contributed by atoms with Crippen molar-refractivity contribution in [3.63, 3.8) is 0 Å². The van der Waals surface area contributed by atoms with Gasteiger partial charge in [0.2, 0.25) is 0 Å². The molecule has 1 aromatic rings. The van der Waals surface area contributed by atoms with Crippen LogP contribution in [0, 0.1) is 26.2 Å². The van der Waals surface area contributed by atoms with Crippen molar-refractivity contribution >= 4 is 8.86 Å². The van der Waals surface area contributed by atoms with Crippen LogP contribution in [-0.2, 0) is 30.9 Å². The molecule has 0 aliphatic rings. The van der Waals surface area contributed by atoms with Crippen LogP contribution >= 0.6 is 0 Å². The van der Waals surface area contributed by atoms with Crippen LogP contribution in [0.15, 0.2) is 11.1 Å². The van der Waals surface area contributed by atoms with Crippen LogP contribution in [0.5, 0.6) is 5.75 Å². The molecule has 0 radical (unpaired) electrons. The van der Waals surface area contributed by atoms with Gasteiger partial charge in [0, 0.05) is 0 Å². The number of benzene rings is 1. The molecular weight excluding hydrogens is 513 g/mol. The van der Waals surface area contributed by atoms with Crippen LogP contribution in [0.4, 0.5) is 0 Å². The molecule has 0 saturated carbocycles. The van der Waals surface area contributed by atoms with Crippen molar-refractivity contribution in [2.45, 2.75) is 62.3 Å². The van der Waals surface area contributed by atoms with E-state index in [1.807, 2.05) is 27.7 Å². The summed E-state index contributed by atoms with van der Waals surface area (Å²) in [5.74, 6) is 1.19. The van der Waals surface area contributed by atoms with Gasteiger partial charge in [-0.2, -0.15) is 0 Å². The molecule has 0 amide bonds. The maximum absolute atomic E-state index is 12.9. The van der Waals surface area contributed by atoms with E-state index in [0.29, 0.717) is 45.9 Å². The van der Waals surface area contributed by atoms with Crippen molar-refractivity contribution in [2.24, 2.45) is 5.41 Å². The summed E-state index contributed by atoms with van der Waals surface area (Å²) in [5, 5.41) is 0. The third-order valence-electron chi connectivity index (χ3n) is 4.93. The van der Waals surface area contributed by atoms with E-state index in [1.165, 1.54) is 14.2 Å². The van der Waals surface area contributed by atoms with Crippen molar-refractivity contribution in [3.8, 4) is 5.75 Å². The van der Waals surface area contributed by atoms with Gasteiger partial charge in [-0.3, -0.25) is 0 Å². The monoisotopic (exact) mass is 547 g/mol. The van der Waals surface area contributed by atoms with Gasteiger partial charge in [0.25, 0.3) is 0 Å². The van der Waals surface area contributed by atoms with Crippen LogP contribution in [0.3, 0.4) is 0 Å². The Kier molecular flexibility index (Phi) is 8.54. The van der Waals surface area contributed by atoms with Gasteiger partial charge in [-0.15, -0.1) is 0 Å². The van der Waals surface area contributed by atoms with E-state index >= 15 is 0 Å². The SMILES string of the molecule is CC(C)=C(C)COCCOc1c(C)c(C)c(C(=O)C(C)(C)C)c(C)[c]1[Hg]. The number of ketones is 1. The van der Waals surface area contributed by atoms with E-state index in [-0.39, 0.29) is 11.2 Å². The zero-order valence-electron chi connectivity index (χ0n) is 18.1. The molecule has 1 aromatic carbocycles. The Morgan fingerprint density at radius 3 is 2.04 bits per heavy atom. The Morgan fingerprint density at radius 1 is 0.962 bits per heavy atom. The third kappa shape index (κ3) is 5.66. The molecular formula is C22H33HgO3. The molecule has 0 saturated heterocycles. The van der Waals surface area contributed by atoms with Gasteiger partial charge in [-0.1, -0.05) is 0 Å². The number of hydrogen-bond acceptors (Lipinski definition) is 3. The number of carbonyl (C=O) groups is 1. The normalized spacial score (nSPS) is 11.5. The molecule has 3 nitrogen and oxygen atoms in total. The molecule has 0 aromatic heterocycles. The molecule has 0 bridgehead atoms. The number of carbonyl (C=O) groups excluding carboxylic acids is 1. The first-order valence-electron chi connectivity index (χ1n) is 9.23. The van der Waals surface area contributed by atoms with Crippen LogP contribution < -0.4 is 7.81 Å². The zero-order chi connectivity index (χ0) is 20.2. The van der Waals surface area contributed by atoms with Gasteiger partial charge in [-0.25, -0.2) is 0 Å². The van der Waals surface area contributed by atoms with Gasteiger partial charge >= 0.3 is 176 Å². The van der Waals surface area contributed by atoms with Gasteiger partial charge in [0.1, 0.15) is 0 Å². The van der Waals surface area contributed by atoms with Crippen LogP contribution in [0.2, 0.25) is 0 Å². The average Bonchev–Trinajstić information content (AvgIpc) is 2.54. The van der Waals surface area contributed by atoms with E-state index < -0.39 is 0 Å². The number of rotatable bonds is 7. The number of Topliss-reactive ketones (excluding diaryl/α,β-unsaturated/α-hetero) is 1. The summed E-state index contributed by atoms with van der Waals surface area (Å²) in [7, 11) is 0. The Balaban J connectivity index is 2.96. The predicted molar refractivity (Wildman–Crippen MR) is 104 cm³/mol. The van der Waals surface area contributed by atoms with Gasteiger partial charge in [0.05, 0.1) is 0 Å². The van der Waals surface area contributed by atoms with Crippen molar-refractivity contribution in [2.75, 3.05) is 19.8 Å². The Bertz CT molecular complexity index is 676. The van der Waals surface area contributed by atoms with E-state index in [2.05, 4.69) is 34.6 Å².